The van der Waals surface area contributed by atoms with Crippen LogP contribution in [-0.4, -0.2) is 41.0 Å². The molecule has 9 heteroatoms. The number of phosphoric acid groups is 1. The third-order valence-electron chi connectivity index (χ3n) is 7.30. The molecule has 0 aliphatic carbocycles. The molecule has 0 fully saturated rings. The van der Waals surface area contributed by atoms with Gasteiger partial charge in [-0.1, -0.05) is 145 Å². The Morgan fingerprint density at radius 3 is 1.51 bits per heavy atom. The van der Waals surface area contributed by atoms with Gasteiger partial charge >= 0.3 is 19.8 Å². The first kappa shape index (κ1) is 44.8. The Hall–Kier alpha value is -2.25. The molecule has 270 valence electrons. The van der Waals surface area contributed by atoms with E-state index in [0.717, 1.165) is 57.8 Å². The molecule has 0 saturated carbocycles. The van der Waals surface area contributed by atoms with Crippen molar-refractivity contribution >= 4 is 19.8 Å². The lowest BCUT2D eigenvalue weighted by atomic mass is 10.0. The molecule has 0 aliphatic heterocycles. The molecule has 0 amide bonds. The summed E-state index contributed by atoms with van der Waals surface area (Å²) in [6.45, 7) is 3.49. The van der Waals surface area contributed by atoms with E-state index in [2.05, 4.69) is 73.1 Å². The van der Waals surface area contributed by atoms with Gasteiger partial charge in [0.25, 0.3) is 0 Å². The van der Waals surface area contributed by atoms with E-state index in [1.54, 1.807) is 0 Å². The predicted octanol–water partition coefficient (Wildman–Crippen LogP) is 10.6. The molecule has 8 nitrogen and oxygen atoms in total. The van der Waals surface area contributed by atoms with Crippen LogP contribution in [0.15, 0.2) is 60.8 Å². The molecule has 0 spiro atoms. The Morgan fingerprint density at radius 1 is 0.574 bits per heavy atom. The van der Waals surface area contributed by atoms with Gasteiger partial charge in [-0.2, -0.15) is 0 Å². The summed E-state index contributed by atoms with van der Waals surface area (Å²) >= 11 is 0. The third kappa shape index (κ3) is 36.4. The molecule has 0 rings (SSSR count). The maximum Gasteiger partial charge on any atom is 0.469 e. The van der Waals surface area contributed by atoms with E-state index in [1.807, 2.05) is 6.08 Å². The molecule has 2 N–H and O–H groups in total. The van der Waals surface area contributed by atoms with E-state index in [0.29, 0.717) is 12.8 Å². The zero-order valence-corrected chi connectivity index (χ0v) is 30.3. The van der Waals surface area contributed by atoms with Gasteiger partial charge in [0.15, 0.2) is 6.10 Å². The van der Waals surface area contributed by atoms with Gasteiger partial charge in [-0.25, -0.2) is 4.57 Å². The molecule has 0 heterocycles. The minimum atomic E-state index is -4.76. The van der Waals surface area contributed by atoms with E-state index in [1.165, 1.54) is 51.4 Å². The van der Waals surface area contributed by atoms with Crippen LogP contribution in [0.2, 0.25) is 0 Å². The van der Waals surface area contributed by atoms with Crippen LogP contribution in [0, 0.1) is 0 Å². The second kappa shape index (κ2) is 33.6. The van der Waals surface area contributed by atoms with Crippen molar-refractivity contribution in [3.05, 3.63) is 60.8 Å². The number of esters is 2. The van der Waals surface area contributed by atoms with Crippen molar-refractivity contribution in [1.29, 1.82) is 0 Å². The second-order valence-electron chi connectivity index (χ2n) is 11.8. The van der Waals surface area contributed by atoms with Gasteiger partial charge in [0.2, 0.25) is 0 Å². The highest BCUT2D eigenvalue weighted by Crippen LogP contribution is 2.35. The fourth-order valence-electron chi connectivity index (χ4n) is 4.64. The van der Waals surface area contributed by atoms with Crippen molar-refractivity contribution in [2.75, 3.05) is 13.2 Å². The molecular formula is C38H65O8P. The maximum absolute atomic E-state index is 12.3. The van der Waals surface area contributed by atoms with Gasteiger partial charge in [-0.05, 0) is 51.4 Å². The fourth-order valence-corrected chi connectivity index (χ4v) is 5.00. The van der Waals surface area contributed by atoms with Gasteiger partial charge in [-0.3, -0.25) is 14.1 Å². The van der Waals surface area contributed by atoms with E-state index >= 15 is 0 Å². The second-order valence-corrected chi connectivity index (χ2v) is 13.1. The first-order chi connectivity index (χ1) is 22.8. The monoisotopic (exact) mass is 680 g/mol. The molecule has 0 aliphatic rings. The average Bonchev–Trinajstić information content (AvgIpc) is 3.04. The van der Waals surface area contributed by atoms with Crippen molar-refractivity contribution in [2.45, 2.75) is 155 Å². The topological polar surface area (TPSA) is 119 Å². The Balaban J connectivity index is 4.10. The number of rotatable bonds is 32. The number of carbonyl (C=O) groups is 2. The summed E-state index contributed by atoms with van der Waals surface area (Å²) in [5.41, 5.74) is 0. The average molecular weight is 681 g/mol. The lowest BCUT2D eigenvalue weighted by molar-refractivity contribution is -0.161. The number of unbranched alkanes of at least 4 members (excludes halogenated alkanes) is 12. The van der Waals surface area contributed by atoms with Gasteiger partial charge in [-0.15, -0.1) is 0 Å². The molecule has 0 saturated heterocycles. The summed E-state index contributed by atoms with van der Waals surface area (Å²) in [5, 5.41) is 0. The van der Waals surface area contributed by atoms with Crippen LogP contribution in [0.3, 0.4) is 0 Å². The number of ether oxygens (including phenoxy) is 2. The molecule has 47 heavy (non-hydrogen) atoms. The summed E-state index contributed by atoms with van der Waals surface area (Å²) in [4.78, 5) is 42.6. The Labute approximate surface area is 286 Å². The van der Waals surface area contributed by atoms with Crippen LogP contribution in [-0.2, 0) is 28.2 Å². The Bertz CT molecular complexity index is 947. The normalized spacial score (nSPS) is 13.2. The molecule has 0 unspecified atom stereocenters. The van der Waals surface area contributed by atoms with Crippen LogP contribution in [0.1, 0.15) is 149 Å². The van der Waals surface area contributed by atoms with Crippen LogP contribution in [0.4, 0.5) is 0 Å². The number of hydrogen-bond acceptors (Lipinski definition) is 6. The van der Waals surface area contributed by atoms with Crippen molar-refractivity contribution in [2.24, 2.45) is 0 Å². The van der Waals surface area contributed by atoms with Gasteiger partial charge in [0.1, 0.15) is 6.61 Å². The fraction of sp³-hybridized carbons (Fsp3) is 0.684. The highest BCUT2D eigenvalue weighted by Gasteiger charge is 2.22. The number of hydrogen-bond donors (Lipinski definition) is 2. The van der Waals surface area contributed by atoms with E-state index in [9.17, 15) is 14.2 Å². The van der Waals surface area contributed by atoms with Crippen LogP contribution >= 0.6 is 7.82 Å². The summed E-state index contributed by atoms with van der Waals surface area (Å²) in [6, 6.07) is 0. The quantitative estimate of drug-likeness (QED) is 0.0312. The lowest BCUT2D eigenvalue weighted by Crippen LogP contribution is -2.29. The molecule has 1 atom stereocenters. The van der Waals surface area contributed by atoms with Crippen molar-refractivity contribution in [3.8, 4) is 0 Å². The Kier molecular flexibility index (Phi) is 32.0. The number of allylic oxidation sites excluding steroid dienone is 10. The van der Waals surface area contributed by atoms with Crippen molar-refractivity contribution in [3.63, 3.8) is 0 Å². The van der Waals surface area contributed by atoms with Gasteiger partial charge in [0, 0.05) is 12.8 Å². The highest BCUT2D eigenvalue weighted by atomic mass is 31.2. The van der Waals surface area contributed by atoms with E-state index in [-0.39, 0.29) is 19.4 Å². The largest absolute Gasteiger partial charge is 0.469 e. The summed E-state index contributed by atoms with van der Waals surface area (Å²) in [7, 11) is -4.76. The van der Waals surface area contributed by atoms with Crippen molar-refractivity contribution < 1.29 is 37.9 Å². The van der Waals surface area contributed by atoms with E-state index < -0.39 is 32.5 Å². The molecule has 0 aromatic heterocycles. The summed E-state index contributed by atoms with van der Waals surface area (Å²) in [6.07, 6.45) is 40.9. The molecule has 0 aromatic carbocycles. The standard InChI is InChI=1S/C38H65O8P/c1-3-5-7-9-11-13-15-17-18-19-20-21-23-24-26-28-30-32-37(39)44-34-36(35-45-47(41,42)43)46-38(40)33-31-29-27-25-22-16-14-12-10-8-6-4-2/h5,7,11,13,17-18,20-21,24,26,36H,3-4,6,8-10,12,14-16,19,22-23,25,27-35H2,1-2H3,(H2,41,42,43)/b7-5+,13-11+,18-17+,21-20+,26-24+/t36-/m1/s1. The van der Waals surface area contributed by atoms with Crippen LogP contribution in [0.25, 0.3) is 0 Å². The van der Waals surface area contributed by atoms with Gasteiger partial charge < -0.3 is 19.3 Å². The third-order valence-corrected chi connectivity index (χ3v) is 7.79. The molecule has 0 radical (unpaired) electrons. The smallest absolute Gasteiger partial charge is 0.462 e. The lowest BCUT2D eigenvalue weighted by Gasteiger charge is -2.18. The molecule has 0 aromatic rings. The zero-order chi connectivity index (χ0) is 34.7. The zero-order valence-electron chi connectivity index (χ0n) is 29.4. The minimum Gasteiger partial charge on any atom is -0.462 e. The first-order valence-corrected chi connectivity index (χ1v) is 19.6. The SMILES string of the molecule is CC/C=C/C/C=C/C/C=C/C/C=C/C/C=C/CCCC(=O)OC[C@H](COP(=O)(O)O)OC(=O)CCCCCCCCCCCCCC. The molecular weight excluding hydrogens is 615 g/mol. The predicted molar refractivity (Wildman–Crippen MR) is 193 cm³/mol. The van der Waals surface area contributed by atoms with Gasteiger partial charge in [0.05, 0.1) is 6.61 Å². The Morgan fingerprint density at radius 2 is 1.02 bits per heavy atom. The maximum atomic E-state index is 12.3. The minimum absolute atomic E-state index is 0.188. The number of phosphoric ester groups is 1. The van der Waals surface area contributed by atoms with Crippen LogP contribution < -0.4 is 0 Å². The molecule has 0 bridgehead atoms. The first-order valence-electron chi connectivity index (χ1n) is 18.1. The van der Waals surface area contributed by atoms with Crippen LogP contribution in [0.5, 0.6) is 0 Å². The number of carbonyl (C=O) groups excluding carboxylic acids is 2. The van der Waals surface area contributed by atoms with E-state index in [4.69, 9.17) is 19.3 Å². The highest BCUT2D eigenvalue weighted by molar-refractivity contribution is 7.46. The van der Waals surface area contributed by atoms with Crippen molar-refractivity contribution in [1.82, 2.24) is 0 Å². The summed E-state index contributed by atoms with van der Waals surface area (Å²) in [5.74, 6) is -0.957. The summed E-state index contributed by atoms with van der Waals surface area (Å²) < 4.78 is 26.2.